The van der Waals surface area contributed by atoms with E-state index in [0.717, 1.165) is 69.7 Å². The Bertz CT molecular complexity index is 1530. The van der Waals surface area contributed by atoms with Gasteiger partial charge in [-0.2, -0.15) is 0 Å². The molecule has 0 radical (unpaired) electrons. The molecule has 2 amide bonds. The third-order valence-corrected chi connectivity index (χ3v) is 10.4. The maximum absolute atomic E-state index is 14.5. The predicted octanol–water partition coefficient (Wildman–Crippen LogP) is 5.79. The van der Waals surface area contributed by atoms with E-state index in [1.54, 1.807) is 24.9 Å². The molecule has 2 fully saturated rings. The minimum Gasteiger partial charge on any atom is -0.340 e. The molecule has 0 spiro atoms. The number of nitrogens with zero attached hydrogens (tertiary/aromatic N) is 6. The highest BCUT2D eigenvalue weighted by molar-refractivity contribution is 5.99. The highest BCUT2D eigenvalue weighted by Crippen LogP contribution is 2.34. The first-order chi connectivity index (χ1) is 21.9. The van der Waals surface area contributed by atoms with Gasteiger partial charge in [-0.3, -0.25) is 24.4 Å². The first-order valence-electron chi connectivity index (χ1n) is 17.2. The fourth-order valence-electron chi connectivity index (χ4n) is 7.50. The number of likely N-dealkylation sites (tertiary alicyclic amines) is 1. The van der Waals surface area contributed by atoms with Gasteiger partial charge in [-0.15, -0.1) is 0 Å². The molecule has 0 unspecified atom stereocenters. The summed E-state index contributed by atoms with van der Waals surface area (Å²) in [7, 11) is 1.76. The quantitative estimate of drug-likeness (QED) is 0.268. The lowest BCUT2D eigenvalue weighted by molar-refractivity contribution is -0.130. The van der Waals surface area contributed by atoms with Gasteiger partial charge in [0.25, 0.3) is 5.91 Å². The lowest BCUT2D eigenvalue weighted by Crippen LogP contribution is -2.48. The summed E-state index contributed by atoms with van der Waals surface area (Å²) in [6.07, 6.45) is 10.4. The van der Waals surface area contributed by atoms with Crippen molar-refractivity contribution in [2.24, 2.45) is 11.8 Å². The van der Waals surface area contributed by atoms with E-state index in [2.05, 4.69) is 41.8 Å². The molecule has 9 heteroatoms. The number of carbonyl (C=O) groups is 2. The standard InChI is InChI=1S/C37H53FN6O2/c1-25(2)33(9-8-13-41-15-17-42(18-16-41)28(6)45)43-14-12-29(23-43)19-30-24-44(35-22-39-21-27(5)36(30)35)34-11-10-31(38)20-32(34)37(46)40(7)26(3)4/h10-11,20-22,24-26,29,33H,8-9,12-19,23H2,1-7H3/t29-,33-/m0/s1. The molecule has 4 heterocycles. The summed E-state index contributed by atoms with van der Waals surface area (Å²) in [4.78, 5) is 38.5. The average Bonchev–Trinajstić information content (AvgIpc) is 3.64. The van der Waals surface area contributed by atoms with E-state index in [4.69, 9.17) is 0 Å². The largest absolute Gasteiger partial charge is 0.340 e. The third kappa shape index (κ3) is 7.46. The second kappa shape index (κ2) is 14.6. The van der Waals surface area contributed by atoms with Crippen LogP contribution in [0.2, 0.25) is 0 Å². The molecule has 46 heavy (non-hydrogen) atoms. The monoisotopic (exact) mass is 632 g/mol. The number of benzene rings is 1. The smallest absolute Gasteiger partial charge is 0.256 e. The molecule has 2 saturated heterocycles. The van der Waals surface area contributed by atoms with Crippen LogP contribution in [-0.4, -0.2) is 106 Å². The lowest BCUT2D eigenvalue weighted by atomic mass is 9.96. The highest BCUT2D eigenvalue weighted by Gasteiger charge is 2.31. The number of hydrogen-bond donors (Lipinski definition) is 0. The van der Waals surface area contributed by atoms with Crippen molar-refractivity contribution in [3.63, 3.8) is 0 Å². The number of rotatable bonds is 11. The molecular weight excluding hydrogens is 579 g/mol. The van der Waals surface area contributed by atoms with Gasteiger partial charge in [0.1, 0.15) is 5.82 Å². The molecule has 250 valence electrons. The number of aryl methyl sites for hydroxylation is 1. The SMILES string of the molecule is CC(=O)N1CCN(CCC[C@@H](C(C)C)N2CC[C@@H](Cc3cn(-c4ccc(F)cc4C(=O)N(C)C(C)C)c4cncc(C)c34)C2)CC1. The van der Waals surface area contributed by atoms with Gasteiger partial charge in [0.15, 0.2) is 0 Å². The summed E-state index contributed by atoms with van der Waals surface area (Å²) < 4.78 is 16.5. The first-order valence-corrected chi connectivity index (χ1v) is 17.2. The highest BCUT2D eigenvalue weighted by atomic mass is 19.1. The molecule has 0 N–H and O–H groups in total. The van der Waals surface area contributed by atoms with E-state index < -0.39 is 5.82 Å². The number of carbonyl (C=O) groups excluding carboxylic acids is 2. The Balaban J connectivity index is 1.30. The van der Waals surface area contributed by atoms with Crippen LogP contribution in [0.5, 0.6) is 0 Å². The summed E-state index contributed by atoms with van der Waals surface area (Å²) in [5.41, 5.74) is 4.35. The van der Waals surface area contributed by atoms with E-state index in [0.29, 0.717) is 29.1 Å². The summed E-state index contributed by atoms with van der Waals surface area (Å²) in [6, 6.07) is 5.06. The topological polar surface area (TPSA) is 64.9 Å². The van der Waals surface area contributed by atoms with Crippen molar-refractivity contribution in [1.29, 1.82) is 0 Å². The Kier molecular flexibility index (Phi) is 10.8. The molecule has 2 aromatic heterocycles. The van der Waals surface area contributed by atoms with Gasteiger partial charge in [0, 0.05) is 76.6 Å². The zero-order chi connectivity index (χ0) is 33.1. The molecule has 0 aliphatic carbocycles. The van der Waals surface area contributed by atoms with Gasteiger partial charge in [-0.25, -0.2) is 4.39 Å². The van der Waals surface area contributed by atoms with Crippen molar-refractivity contribution in [2.75, 3.05) is 52.9 Å². The van der Waals surface area contributed by atoms with E-state index in [1.165, 1.54) is 35.9 Å². The number of amides is 2. The van der Waals surface area contributed by atoms with Crippen LogP contribution < -0.4 is 0 Å². The van der Waals surface area contributed by atoms with Crippen LogP contribution in [0, 0.1) is 24.6 Å². The van der Waals surface area contributed by atoms with Gasteiger partial charge < -0.3 is 14.4 Å². The van der Waals surface area contributed by atoms with E-state index >= 15 is 0 Å². The summed E-state index contributed by atoms with van der Waals surface area (Å²) in [5.74, 6) is 0.690. The number of pyridine rings is 1. The van der Waals surface area contributed by atoms with Crippen molar-refractivity contribution in [3.05, 3.63) is 59.3 Å². The Morgan fingerprint density at radius 3 is 2.48 bits per heavy atom. The minimum absolute atomic E-state index is 0.00653. The number of halogens is 1. The Morgan fingerprint density at radius 2 is 1.80 bits per heavy atom. The molecular formula is C37H53FN6O2. The normalized spacial score (nSPS) is 18.7. The third-order valence-electron chi connectivity index (χ3n) is 10.4. The van der Waals surface area contributed by atoms with Crippen LogP contribution in [0.25, 0.3) is 16.6 Å². The molecule has 2 aliphatic rings. The zero-order valence-electron chi connectivity index (χ0n) is 28.9. The summed E-state index contributed by atoms with van der Waals surface area (Å²) in [6.45, 7) is 19.3. The predicted molar refractivity (Wildman–Crippen MR) is 183 cm³/mol. The van der Waals surface area contributed by atoms with Crippen LogP contribution in [0.3, 0.4) is 0 Å². The second-order valence-corrected chi connectivity index (χ2v) is 14.2. The van der Waals surface area contributed by atoms with Gasteiger partial charge in [0.2, 0.25) is 5.91 Å². The molecule has 8 nitrogen and oxygen atoms in total. The van der Waals surface area contributed by atoms with Crippen molar-refractivity contribution in [2.45, 2.75) is 79.3 Å². The van der Waals surface area contributed by atoms with Gasteiger partial charge in [-0.05, 0) is 101 Å². The van der Waals surface area contributed by atoms with Crippen LogP contribution in [0.1, 0.15) is 75.4 Å². The van der Waals surface area contributed by atoms with E-state index in [9.17, 15) is 14.0 Å². The molecule has 1 aromatic carbocycles. The fraction of sp³-hybridized carbons (Fsp3) is 0.595. The van der Waals surface area contributed by atoms with Crippen molar-refractivity contribution in [3.8, 4) is 5.69 Å². The van der Waals surface area contributed by atoms with E-state index in [-0.39, 0.29) is 17.9 Å². The maximum Gasteiger partial charge on any atom is 0.256 e. The number of fused-ring (bicyclic) bond motifs is 1. The van der Waals surface area contributed by atoms with Crippen LogP contribution in [-0.2, 0) is 11.2 Å². The number of aromatic nitrogens is 2. The summed E-state index contributed by atoms with van der Waals surface area (Å²) in [5, 5.41) is 1.18. The molecule has 2 aliphatic heterocycles. The Morgan fingerprint density at radius 1 is 1.07 bits per heavy atom. The number of hydrogen-bond acceptors (Lipinski definition) is 5. The number of piperazine rings is 1. The average molecular weight is 633 g/mol. The first kappa shape index (κ1) is 34.0. The lowest BCUT2D eigenvalue weighted by Gasteiger charge is -2.35. The molecule has 0 bridgehead atoms. The van der Waals surface area contributed by atoms with E-state index in [1.807, 2.05) is 35.7 Å². The van der Waals surface area contributed by atoms with Crippen LogP contribution >= 0.6 is 0 Å². The zero-order valence-corrected chi connectivity index (χ0v) is 28.9. The van der Waals surface area contributed by atoms with Crippen molar-refractivity contribution < 1.29 is 14.0 Å². The molecule has 3 aromatic rings. The molecule has 5 rings (SSSR count). The van der Waals surface area contributed by atoms with Crippen molar-refractivity contribution in [1.82, 2.24) is 29.2 Å². The van der Waals surface area contributed by atoms with Crippen LogP contribution in [0.15, 0.2) is 36.8 Å². The Hall–Kier alpha value is -3.30. The van der Waals surface area contributed by atoms with Crippen molar-refractivity contribution >= 4 is 22.7 Å². The van der Waals surface area contributed by atoms with Gasteiger partial charge in [0.05, 0.1) is 23.0 Å². The summed E-state index contributed by atoms with van der Waals surface area (Å²) >= 11 is 0. The van der Waals surface area contributed by atoms with Gasteiger partial charge >= 0.3 is 0 Å². The van der Waals surface area contributed by atoms with Crippen LogP contribution in [0.4, 0.5) is 4.39 Å². The second-order valence-electron chi connectivity index (χ2n) is 14.2. The Labute approximate surface area is 274 Å². The van der Waals surface area contributed by atoms with Gasteiger partial charge in [-0.1, -0.05) is 13.8 Å². The fourth-order valence-corrected chi connectivity index (χ4v) is 7.50. The minimum atomic E-state index is -0.420. The maximum atomic E-state index is 14.5. The molecule has 0 saturated carbocycles. The molecule has 2 atom stereocenters.